The van der Waals surface area contributed by atoms with Crippen LogP contribution in [0, 0.1) is 0 Å². The molecular formula is C14H18O3. The van der Waals surface area contributed by atoms with Crippen LogP contribution < -0.4 is 0 Å². The summed E-state index contributed by atoms with van der Waals surface area (Å²) in [5, 5.41) is 0. The van der Waals surface area contributed by atoms with Crippen LogP contribution in [-0.4, -0.2) is 17.9 Å². The van der Waals surface area contributed by atoms with E-state index in [4.69, 9.17) is 4.74 Å². The maximum atomic E-state index is 11.7. The van der Waals surface area contributed by atoms with Crippen molar-refractivity contribution in [3.63, 3.8) is 0 Å². The summed E-state index contributed by atoms with van der Waals surface area (Å²) in [5.41, 5.74) is 0.743. The molecule has 0 bridgehead atoms. The highest BCUT2D eigenvalue weighted by Gasteiger charge is 2.08. The van der Waals surface area contributed by atoms with Crippen molar-refractivity contribution in [1.29, 1.82) is 0 Å². The Morgan fingerprint density at radius 2 is 1.88 bits per heavy atom. The first-order chi connectivity index (χ1) is 8.09. The van der Waals surface area contributed by atoms with Crippen LogP contribution >= 0.6 is 0 Å². The van der Waals surface area contributed by atoms with Crippen LogP contribution in [-0.2, 0) is 9.53 Å². The van der Waals surface area contributed by atoms with Gasteiger partial charge in [-0.1, -0.05) is 30.3 Å². The summed E-state index contributed by atoms with van der Waals surface area (Å²) in [6.07, 6.45) is 1.84. The molecule has 1 aromatic rings. The molecular weight excluding hydrogens is 216 g/mol. The van der Waals surface area contributed by atoms with E-state index in [1.54, 1.807) is 0 Å². The van der Waals surface area contributed by atoms with E-state index in [1.165, 1.54) is 6.92 Å². The molecule has 0 amide bonds. The van der Waals surface area contributed by atoms with E-state index in [2.05, 4.69) is 0 Å². The third-order valence-electron chi connectivity index (χ3n) is 2.48. The van der Waals surface area contributed by atoms with E-state index < -0.39 is 0 Å². The van der Waals surface area contributed by atoms with Crippen molar-refractivity contribution in [2.45, 2.75) is 39.2 Å². The Hall–Kier alpha value is -1.64. The average Bonchev–Trinajstić information content (AvgIpc) is 2.29. The van der Waals surface area contributed by atoms with Gasteiger partial charge in [0.25, 0.3) is 0 Å². The van der Waals surface area contributed by atoms with E-state index in [0.29, 0.717) is 6.42 Å². The van der Waals surface area contributed by atoms with Gasteiger partial charge in [-0.2, -0.15) is 0 Å². The van der Waals surface area contributed by atoms with Crippen molar-refractivity contribution in [2.24, 2.45) is 0 Å². The Morgan fingerprint density at radius 3 is 2.47 bits per heavy atom. The van der Waals surface area contributed by atoms with E-state index in [9.17, 15) is 9.59 Å². The number of carbonyl (C=O) groups excluding carboxylic acids is 2. The molecule has 1 unspecified atom stereocenters. The van der Waals surface area contributed by atoms with Crippen LogP contribution in [0.4, 0.5) is 0 Å². The Labute approximate surface area is 102 Å². The third-order valence-corrected chi connectivity index (χ3v) is 2.48. The number of ketones is 1. The molecule has 0 aromatic heterocycles. The van der Waals surface area contributed by atoms with Crippen LogP contribution in [0.5, 0.6) is 0 Å². The highest BCUT2D eigenvalue weighted by molar-refractivity contribution is 5.95. The summed E-state index contributed by atoms with van der Waals surface area (Å²) in [4.78, 5) is 22.4. The molecule has 0 N–H and O–H groups in total. The van der Waals surface area contributed by atoms with Gasteiger partial charge in [-0.15, -0.1) is 0 Å². The lowest BCUT2D eigenvalue weighted by atomic mass is 10.0. The van der Waals surface area contributed by atoms with Crippen molar-refractivity contribution in [2.75, 3.05) is 0 Å². The fourth-order valence-corrected chi connectivity index (χ4v) is 1.66. The fourth-order valence-electron chi connectivity index (χ4n) is 1.66. The molecule has 3 nitrogen and oxygen atoms in total. The standard InChI is InChI=1S/C14H18O3/c1-11(17-12(2)15)7-6-10-14(16)13-8-4-3-5-9-13/h3-5,8-9,11H,6-7,10H2,1-2H3. The second kappa shape index (κ2) is 6.84. The maximum absolute atomic E-state index is 11.7. The molecule has 1 atom stereocenters. The van der Waals surface area contributed by atoms with Crippen LogP contribution in [0.3, 0.4) is 0 Å². The van der Waals surface area contributed by atoms with E-state index in [1.807, 2.05) is 37.3 Å². The zero-order valence-electron chi connectivity index (χ0n) is 10.3. The van der Waals surface area contributed by atoms with Crippen LogP contribution in [0.25, 0.3) is 0 Å². The SMILES string of the molecule is CC(=O)OC(C)CCCC(=O)c1ccccc1. The molecule has 0 fully saturated rings. The largest absolute Gasteiger partial charge is 0.463 e. The van der Waals surface area contributed by atoms with Gasteiger partial charge < -0.3 is 4.74 Å². The summed E-state index contributed by atoms with van der Waals surface area (Å²) in [6, 6.07) is 9.23. The highest BCUT2D eigenvalue weighted by atomic mass is 16.5. The van der Waals surface area contributed by atoms with Gasteiger partial charge >= 0.3 is 5.97 Å². The Kier molecular flexibility index (Phi) is 5.40. The minimum atomic E-state index is -0.271. The zero-order chi connectivity index (χ0) is 12.7. The summed E-state index contributed by atoms with van der Waals surface area (Å²) in [5.74, 6) is -0.132. The topological polar surface area (TPSA) is 43.4 Å². The number of rotatable bonds is 6. The molecule has 0 aliphatic heterocycles. The van der Waals surface area contributed by atoms with Gasteiger partial charge in [-0.05, 0) is 19.8 Å². The first kappa shape index (κ1) is 13.4. The molecule has 0 aliphatic carbocycles. The lowest BCUT2D eigenvalue weighted by Gasteiger charge is -2.10. The molecule has 1 rings (SSSR count). The second-order valence-corrected chi connectivity index (χ2v) is 4.10. The third kappa shape index (κ3) is 5.29. The molecule has 0 saturated carbocycles. The Morgan fingerprint density at radius 1 is 1.24 bits per heavy atom. The van der Waals surface area contributed by atoms with Crippen LogP contribution in [0.15, 0.2) is 30.3 Å². The van der Waals surface area contributed by atoms with Crippen LogP contribution in [0.1, 0.15) is 43.5 Å². The molecule has 17 heavy (non-hydrogen) atoms. The van der Waals surface area contributed by atoms with Crippen molar-refractivity contribution >= 4 is 11.8 Å². The highest BCUT2D eigenvalue weighted by Crippen LogP contribution is 2.09. The monoisotopic (exact) mass is 234 g/mol. The smallest absolute Gasteiger partial charge is 0.302 e. The first-order valence-corrected chi connectivity index (χ1v) is 5.85. The van der Waals surface area contributed by atoms with Gasteiger partial charge in [0.2, 0.25) is 0 Å². The minimum absolute atomic E-state index is 0.115. The van der Waals surface area contributed by atoms with E-state index >= 15 is 0 Å². The van der Waals surface area contributed by atoms with Gasteiger partial charge in [-0.3, -0.25) is 9.59 Å². The number of hydrogen-bond donors (Lipinski definition) is 0. The number of esters is 1. The summed E-state index contributed by atoms with van der Waals surface area (Å²) >= 11 is 0. The van der Waals surface area contributed by atoms with Crippen molar-refractivity contribution in [3.05, 3.63) is 35.9 Å². The number of carbonyl (C=O) groups is 2. The number of Topliss-reactive ketones (excluding diaryl/α,β-unsaturated/α-hetero) is 1. The fraction of sp³-hybridized carbons (Fsp3) is 0.429. The quantitative estimate of drug-likeness (QED) is 0.561. The summed E-state index contributed by atoms with van der Waals surface area (Å²) in [7, 11) is 0. The molecule has 1 aromatic carbocycles. The first-order valence-electron chi connectivity index (χ1n) is 5.85. The van der Waals surface area contributed by atoms with Gasteiger partial charge in [0, 0.05) is 18.9 Å². The summed E-state index contributed by atoms with van der Waals surface area (Å²) < 4.78 is 4.99. The predicted octanol–water partition coefficient (Wildman–Crippen LogP) is 2.99. The normalized spacial score (nSPS) is 11.9. The number of benzene rings is 1. The molecule has 0 saturated heterocycles. The van der Waals surface area contributed by atoms with Crippen molar-refractivity contribution in [3.8, 4) is 0 Å². The molecule has 0 aliphatic rings. The maximum Gasteiger partial charge on any atom is 0.302 e. The second-order valence-electron chi connectivity index (χ2n) is 4.10. The lowest BCUT2D eigenvalue weighted by Crippen LogP contribution is -2.12. The van der Waals surface area contributed by atoms with Crippen molar-refractivity contribution in [1.82, 2.24) is 0 Å². The lowest BCUT2D eigenvalue weighted by molar-refractivity contribution is -0.145. The molecule has 3 heteroatoms. The molecule has 92 valence electrons. The molecule has 0 radical (unpaired) electrons. The van der Waals surface area contributed by atoms with E-state index in [0.717, 1.165) is 18.4 Å². The van der Waals surface area contributed by atoms with Crippen LogP contribution in [0.2, 0.25) is 0 Å². The molecule has 0 heterocycles. The minimum Gasteiger partial charge on any atom is -0.463 e. The predicted molar refractivity (Wildman–Crippen MR) is 65.9 cm³/mol. The number of hydrogen-bond acceptors (Lipinski definition) is 3. The average molecular weight is 234 g/mol. The van der Waals surface area contributed by atoms with Gasteiger partial charge in [0.1, 0.15) is 0 Å². The van der Waals surface area contributed by atoms with Gasteiger partial charge in [0.15, 0.2) is 5.78 Å². The molecule has 0 spiro atoms. The zero-order valence-corrected chi connectivity index (χ0v) is 10.3. The van der Waals surface area contributed by atoms with Gasteiger partial charge in [-0.25, -0.2) is 0 Å². The summed E-state index contributed by atoms with van der Waals surface area (Å²) in [6.45, 7) is 3.24. The van der Waals surface area contributed by atoms with Crippen molar-refractivity contribution < 1.29 is 14.3 Å². The van der Waals surface area contributed by atoms with E-state index in [-0.39, 0.29) is 17.9 Å². The Balaban J connectivity index is 2.28. The Bertz CT molecular complexity index is 370. The number of ether oxygens (including phenoxy) is 1. The van der Waals surface area contributed by atoms with Gasteiger partial charge in [0.05, 0.1) is 6.10 Å².